The lowest BCUT2D eigenvalue weighted by Gasteiger charge is -2.10. The minimum Gasteiger partial charge on any atom is -0.351 e. The van der Waals surface area contributed by atoms with Crippen LogP contribution in [0, 0.1) is 6.92 Å². The maximum Gasteiger partial charge on any atom is 0.270 e. The zero-order chi connectivity index (χ0) is 16.7. The molecule has 1 aromatic heterocycles. The molecule has 0 saturated heterocycles. The maximum atomic E-state index is 12.1. The van der Waals surface area contributed by atoms with Gasteiger partial charge < -0.3 is 15.5 Å². The molecule has 1 amide bonds. The molecular weight excluding hydrogens is 290 g/mol. The van der Waals surface area contributed by atoms with Crippen LogP contribution in [0.3, 0.4) is 0 Å². The van der Waals surface area contributed by atoms with Crippen molar-refractivity contribution in [3.05, 3.63) is 47.8 Å². The summed E-state index contributed by atoms with van der Waals surface area (Å²) < 4.78 is 0. The van der Waals surface area contributed by atoms with E-state index < -0.39 is 0 Å². The summed E-state index contributed by atoms with van der Waals surface area (Å²) in [5.41, 5.74) is 2.38. The lowest BCUT2D eigenvalue weighted by atomic mass is 10.2. The summed E-state index contributed by atoms with van der Waals surface area (Å²) in [5.74, 6) is 0.235. The predicted molar refractivity (Wildman–Crippen MR) is 92.0 cm³/mol. The molecule has 0 aliphatic heterocycles. The van der Waals surface area contributed by atoms with Gasteiger partial charge in [-0.25, -0.2) is 9.97 Å². The second kappa shape index (κ2) is 8.24. The van der Waals surface area contributed by atoms with E-state index in [0.717, 1.165) is 24.2 Å². The van der Waals surface area contributed by atoms with Crippen LogP contribution in [-0.4, -0.2) is 48.0 Å². The summed E-state index contributed by atoms with van der Waals surface area (Å²) in [4.78, 5) is 22.6. The second-order valence-corrected chi connectivity index (χ2v) is 5.62. The molecule has 0 unspecified atom stereocenters. The highest BCUT2D eigenvalue weighted by molar-refractivity contribution is 5.92. The Hall–Kier alpha value is -2.47. The van der Waals surface area contributed by atoms with Gasteiger partial charge in [-0.3, -0.25) is 4.79 Å². The van der Waals surface area contributed by atoms with Gasteiger partial charge in [0.15, 0.2) is 0 Å². The molecule has 23 heavy (non-hydrogen) atoms. The van der Waals surface area contributed by atoms with Gasteiger partial charge in [0, 0.05) is 18.4 Å². The highest BCUT2D eigenvalue weighted by Crippen LogP contribution is 2.17. The molecule has 0 spiro atoms. The summed E-state index contributed by atoms with van der Waals surface area (Å²) in [6.07, 6.45) is 2.49. The summed E-state index contributed by atoms with van der Waals surface area (Å²) in [5, 5.41) is 6.01. The molecule has 0 aliphatic rings. The number of hydrogen-bond donors (Lipinski definition) is 2. The quantitative estimate of drug-likeness (QED) is 0.767. The SMILES string of the molecule is Cc1ccccc1Nc1nccc(C(=O)NCCCN(C)C)n1. The van der Waals surface area contributed by atoms with Gasteiger partial charge in [0.1, 0.15) is 5.69 Å². The van der Waals surface area contributed by atoms with Crippen molar-refractivity contribution in [1.29, 1.82) is 0 Å². The molecule has 0 bridgehead atoms. The van der Waals surface area contributed by atoms with Gasteiger partial charge in [0.05, 0.1) is 0 Å². The van der Waals surface area contributed by atoms with Crippen molar-refractivity contribution in [3.8, 4) is 0 Å². The van der Waals surface area contributed by atoms with E-state index in [-0.39, 0.29) is 5.91 Å². The predicted octanol–water partition coefficient (Wildman–Crippen LogP) is 2.21. The third-order valence-corrected chi connectivity index (χ3v) is 3.35. The number of para-hydroxylation sites is 1. The summed E-state index contributed by atoms with van der Waals surface area (Å²) in [7, 11) is 4.02. The molecule has 1 heterocycles. The first-order valence-corrected chi connectivity index (χ1v) is 7.65. The number of anilines is 2. The van der Waals surface area contributed by atoms with Crippen molar-refractivity contribution in [2.24, 2.45) is 0 Å². The molecule has 122 valence electrons. The van der Waals surface area contributed by atoms with E-state index >= 15 is 0 Å². The van der Waals surface area contributed by atoms with Crippen LogP contribution in [0.1, 0.15) is 22.5 Å². The van der Waals surface area contributed by atoms with E-state index in [1.807, 2.05) is 45.3 Å². The van der Waals surface area contributed by atoms with Crippen LogP contribution in [0.4, 0.5) is 11.6 Å². The number of amides is 1. The summed E-state index contributed by atoms with van der Waals surface area (Å²) >= 11 is 0. The minimum atomic E-state index is -0.181. The molecule has 0 radical (unpaired) electrons. The number of nitrogens with zero attached hydrogens (tertiary/aromatic N) is 3. The molecule has 6 heteroatoms. The molecule has 6 nitrogen and oxygen atoms in total. The molecule has 0 aliphatic carbocycles. The number of benzene rings is 1. The largest absolute Gasteiger partial charge is 0.351 e. The molecule has 2 rings (SSSR count). The molecule has 0 saturated carbocycles. The third-order valence-electron chi connectivity index (χ3n) is 3.35. The zero-order valence-corrected chi connectivity index (χ0v) is 13.8. The average Bonchev–Trinajstić information content (AvgIpc) is 2.54. The number of carbonyl (C=O) groups is 1. The maximum absolute atomic E-state index is 12.1. The van der Waals surface area contributed by atoms with Gasteiger partial charge in [-0.05, 0) is 51.7 Å². The van der Waals surface area contributed by atoms with Crippen LogP contribution < -0.4 is 10.6 Å². The van der Waals surface area contributed by atoms with E-state index in [9.17, 15) is 4.79 Å². The fraction of sp³-hybridized carbons (Fsp3) is 0.353. The zero-order valence-electron chi connectivity index (χ0n) is 13.8. The van der Waals surface area contributed by atoms with Gasteiger partial charge in [-0.1, -0.05) is 18.2 Å². The number of rotatable bonds is 7. The monoisotopic (exact) mass is 313 g/mol. The van der Waals surface area contributed by atoms with E-state index in [1.54, 1.807) is 12.3 Å². The number of aromatic nitrogens is 2. The lowest BCUT2D eigenvalue weighted by Crippen LogP contribution is -2.28. The van der Waals surface area contributed by atoms with Crippen molar-refractivity contribution < 1.29 is 4.79 Å². The van der Waals surface area contributed by atoms with E-state index in [1.165, 1.54) is 0 Å². The Labute approximate surface area is 137 Å². The molecule has 2 aromatic rings. The third kappa shape index (κ3) is 5.34. The van der Waals surface area contributed by atoms with Crippen LogP contribution in [0.15, 0.2) is 36.5 Å². The number of aryl methyl sites for hydroxylation is 1. The van der Waals surface area contributed by atoms with Gasteiger partial charge in [-0.15, -0.1) is 0 Å². The highest BCUT2D eigenvalue weighted by atomic mass is 16.1. The van der Waals surface area contributed by atoms with Gasteiger partial charge in [0.2, 0.25) is 5.95 Å². The Kier molecular flexibility index (Phi) is 6.05. The topological polar surface area (TPSA) is 70.2 Å². The first-order valence-electron chi connectivity index (χ1n) is 7.65. The highest BCUT2D eigenvalue weighted by Gasteiger charge is 2.09. The molecular formula is C17H23N5O. The average molecular weight is 313 g/mol. The van der Waals surface area contributed by atoms with Gasteiger partial charge >= 0.3 is 0 Å². The van der Waals surface area contributed by atoms with Crippen LogP contribution >= 0.6 is 0 Å². The Morgan fingerprint density at radius 1 is 1.22 bits per heavy atom. The molecule has 1 aromatic carbocycles. The first-order chi connectivity index (χ1) is 11.1. The van der Waals surface area contributed by atoms with Crippen LogP contribution in [-0.2, 0) is 0 Å². The smallest absolute Gasteiger partial charge is 0.270 e. The van der Waals surface area contributed by atoms with Gasteiger partial charge in [-0.2, -0.15) is 0 Å². The Morgan fingerprint density at radius 3 is 2.74 bits per heavy atom. The van der Waals surface area contributed by atoms with Gasteiger partial charge in [0.25, 0.3) is 5.91 Å². The fourth-order valence-corrected chi connectivity index (χ4v) is 2.07. The lowest BCUT2D eigenvalue weighted by molar-refractivity contribution is 0.0947. The standard InChI is InChI=1S/C17H23N5O/c1-13-7-4-5-8-14(13)20-17-19-11-9-15(21-17)16(23)18-10-6-12-22(2)3/h4-5,7-9,11H,6,10,12H2,1-3H3,(H,18,23)(H,19,20,21). The van der Waals surface area contributed by atoms with E-state index in [2.05, 4.69) is 25.5 Å². The van der Waals surface area contributed by atoms with Crippen LogP contribution in [0.25, 0.3) is 0 Å². The minimum absolute atomic E-state index is 0.181. The van der Waals surface area contributed by atoms with Crippen LogP contribution in [0.2, 0.25) is 0 Å². The normalized spacial score (nSPS) is 10.6. The number of nitrogens with one attached hydrogen (secondary N) is 2. The van der Waals surface area contributed by atoms with Crippen molar-refractivity contribution >= 4 is 17.5 Å². The molecule has 0 atom stereocenters. The summed E-state index contributed by atoms with van der Waals surface area (Å²) in [6, 6.07) is 9.48. The van der Waals surface area contributed by atoms with Crippen molar-refractivity contribution in [2.75, 3.05) is 32.5 Å². The summed E-state index contributed by atoms with van der Waals surface area (Å²) in [6.45, 7) is 3.56. The number of hydrogen-bond acceptors (Lipinski definition) is 5. The Balaban J connectivity index is 1.96. The Morgan fingerprint density at radius 2 is 2.00 bits per heavy atom. The van der Waals surface area contributed by atoms with Crippen molar-refractivity contribution in [3.63, 3.8) is 0 Å². The fourth-order valence-electron chi connectivity index (χ4n) is 2.07. The molecule has 0 fully saturated rings. The van der Waals surface area contributed by atoms with Crippen LogP contribution in [0.5, 0.6) is 0 Å². The van der Waals surface area contributed by atoms with Crippen molar-refractivity contribution in [2.45, 2.75) is 13.3 Å². The Bertz CT molecular complexity index is 657. The first kappa shape index (κ1) is 16.9. The molecule has 2 N–H and O–H groups in total. The second-order valence-electron chi connectivity index (χ2n) is 5.62. The van der Waals surface area contributed by atoms with Crippen molar-refractivity contribution in [1.82, 2.24) is 20.2 Å². The number of carbonyl (C=O) groups excluding carboxylic acids is 1. The van der Waals surface area contributed by atoms with E-state index in [0.29, 0.717) is 18.2 Å². The van der Waals surface area contributed by atoms with E-state index in [4.69, 9.17) is 0 Å².